The Balaban J connectivity index is 1.78. The molecule has 1 fully saturated rings. The summed E-state index contributed by atoms with van der Waals surface area (Å²) in [6.07, 6.45) is 4.29. The van der Waals surface area contributed by atoms with Crippen LogP contribution in [0.4, 0.5) is 0 Å². The van der Waals surface area contributed by atoms with E-state index in [0.29, 0.717) is 5.75 Å². The molecule has 0 radical (unpaired) electrons. The summed E-state index contributed by atoms with van der Waals surface area (Å²) in [5.41, 5.74) is 1.98. The van der Waals surface area contributed by atoms with Crippen LogP contribution in [0.3, 0.4) is 0 Å². The van der Waals surface area contributed by atoms with Crippen LogP contribution >= 0.6 is 11.8 Å². The lowest BCUT2D eigenvalue weighted by molar-refractivity contribution is -0.119. The van der Waals surface area contributed by atoms with E-state index in [1.54, 1.807) is 0 Å². The number of benzene rings is 1. The Morgan fingerprint density at radius 3 is 2.77 bits per heavy atom. The molecule has 1 aromatic heterocycles. The number of hydrogen-bond donors (Lipinski definition) is 1. The summed E-state index contributed by atoms with van der Waals surface area (Å²) in [5, 5.41) is 3.86. The molecule has 0 saturated carbocycles. The van der Waals surface area contributed by atoms with Gasteiger partial charge in [-0.3, -0.25) is 4.79 Å². The summed E-state index contributed by atoms with van der Waals surface area (Å²) < 4.78 is 8.02. The first-order chi connectivity index (χ1) is 12.4. The molecule has 0 bridgehead atoms. The molecule has 140 valence electrons. The molecule has 0 aliphatic carbocycles. The quantitative estimate of drug-likeness (QED) is 0.784. The van der Waals surface area contributed by atoms with Gasteiger partial charge in [0.1, 0.15) is 0 Å². The molecule has 1 aromatic carbocycles. The molecule has 1 aliphatic heterocycles. The number of nitrogens with zero attached hydrogens (tertiary/aromatic N) is 2. The summed E-state index contributed by atoms with van der Waals surface area (Å²) in [6, 6.07) is 10.2. The number of carbonyl (C=O) groups is 1. The van der Waals surface area contributed by atoms with Crippen molar-refractivity contribution in [1.29, 1.82) is 0 Å². The van der Waals surface area contributed by atoms with E-state index in [2.05, 4.69) is 27.0 Å². The van der Waals surface area contributed by atoms with Crippen molar-refractivity contribution >= 4 is 17.7 Å². The zero-order valence-corrected chi connectivity index (χ0v) is 16.5. The predicted molar refractivity (Wildman–Crippen MR) is 105 cm³/mol. The number of nitrogens with one attached hydrogen (secondary N) is 1. The summed E-state index contributed by atoms with van der Waals surface area (Å²) in [7, 11) is 0. The van der Waals surface area contributed by atoms with Gasteiger partial charge in [-0.1, -0.05) is 42.1 Å². The third-order valence-electron chi connectivity index (χ3n) is 4.15. The second-order valence-corrected chi connectivity index (χ2v) is 8.57. The smallest absolute Gasteiger partial charge is 0.230 e. The molecular formula is C20H27N3O2S. The molecule has 2 heterocycles. The van der Waals surface area contributed by atoms with Gasteiger partial charge in [-0.15, -0.1) is 0 Å². The van der Waals surface area contributed by atoms with Crippen LogP contribution in [-0.2, 0) is 16.1 Å². The molecule has 2 aromatic rings. The van der Waals surface area contributed by atoms with E-state index in [4.69, 9.17) is 4.74 Å². The SMILES string of the molecule is CC(C)(C)NC(=O)CSc1ncc(-c2ccccc2)n1C[C@H]1CCCO1. The second kappa shape index (κ2) is 8.27. The van der Waals surface area contributed by atoms with Crippen LogP contribution in [0, 0.1) is 0 Å². The molecule has 1 N–H and O–H groups in total. The maximum absolute atomic E-state index is 12.2. The van der Waals surface area contributed by atoms with E-state index in [1.807, 2.05) is 45.2 Å². The Morgan fingerprint density at radius 2 is 2.12 bits per heavy atom. The lowest BCUT2D eigenvalue weighted by Crippen LogP contribution is -2.41. The number of aromatic nitrogens is 2. The lowest BCUT2D eigenvalue weighted by atomic mass is 10.1. The van der Waals surface area contributed by atoms with Crippen molar-refractivity contribution in [2.24, 2.45) is 0 Å². The molecule has 1 amide bonds. The number of ether oxygens (including phenoxy) is 1. The van der Waals surface area contributed by atoms with E-state index < -0.39 is 0 Å². The largest absolute Gasteiger partial charge is 0.376 e. The fraction of sp³-hybridized carbons (Fsp3) is 0.500. The Bertz CT molecular complexity index is 731. The van der Waals surface area contributed by atoms with Gasteiger partial charge in [-0.05, 0) is 39.2 Å². The van der Waals surface area contributed by atoms with Gasteiger partial charge in [0.25, 0.3) is 0 Å². The fourth-order valence-corrected chi connectivity index (χ4v) is 3.85. The second-order valence-electron chi connectivity index (χ2n) is 7.62. The molecule has 1 atom stereocenters. The highest BCUT2D eigenvalue weighted by Gasteiger charge is 2.21. The molecule has 1 aliphatic rings. The minimum Gasteiger partial charge on any atom is -0.376 e. The van der Waals surface area contributed by atoms with Crippen molar-refractivity contribution in [3.05, 3.63) is 36.5 Å². The first-order valence-electron chi connectivity index (χ1n) is 9.09. The topological polar surface area (TPSA) is 56.2 Å². The van der Waals surface area contributed by atoms with Crippen LogP contribution in [0.15, 0.2) is 41.7 Å². The Hall–Kier alpha value is -1.79. The highest BCUT2D eigenvalue weighted by atomic mass is 32.2. The minimum absolute atomic E-state index is 0.0235. The Morgan fingerprint density at radius 1 is 1.35 bits per heavy atom. The minimum atomic E-state index is -0.222. The number of rotatable bonds is 6. The maximum atomic E-state index is 12.2. The summed E-state index contributed by atoms with van der Waals surface area (Å²) in [5.74, 6) is 0.379. The molecular weight excluding hydrogens is 346 g/mol. The van der Waals surface area contributed by atoms with Crippen LogP contribution in [0.5, 0.6) is 0 Å². The number of carbonyl (C=O) groups excluding carboxylic acids is 1. The first-order valence-corrected chi connectivity index (χ1v) is 10.1. The Kier molecular flexibility index (Phi) is 6.04. The van der Waals surface area contributed by atoms with Gasteiger partial charge in [0.05, 0.1) is 30.3 Å². The number of imidazole rings is 1. The lowest BCUT2D eigenvalue weighted by Gasteiger charge is -2.20. The van der Waals surface area contributed by atoms with Crippen LogP contribution in [0.2, 0.25) is 0 Å². The highest BCUT2D eigenvalue weighted by Crippen LogP contribution is 2.28. The van der Waals surface area contributed by atoms with E-state index in [1.165, 1.54) is 11.8 Å². The predicted octanol–water partition coefficient (Wildman–Crippen LogP) is 3.74. The van der Waals surface area contributed by atoms with Crippen LogP contribution in [0.1, 0.15) is 33.6 Å². The van der Waals surface area contributed by atoms with Gasteiger partial charge < -0.3 is 14.6 Å². The molecule has 0 unspecified atom stereocenters. The van der Waals surface area contributed by atoms with Gasteiger partial charge in [0, 0.05) is 12.1 Å². The van der Waals surface area contributed by atoms with Gasteiger partial charge in [-0.25, -0.2) is 4.98 Å². The molecule has 5 nitrogen and oxygen atoms in total. The zero-order chi connectivity index (χ0) is 18.6. The van der Waals surface area contributed by atoms with Crippen LogP contribution in [0.25, 0.3) is 11.3 Å². The normalized spacial score (nSPS) is 17.4. The third kappa shape index (κ3) is 5.11. The molecule has 26 heavy (non-hydrogen) atoms. The highest BCUT2D eigenvalue weighted by molar-refractivity contribution is 7.99. The van der Waals surface area contributed by atoms with Gasteiger partial charge >= 0.3 is 0 Å². The van der Waals surface area contributed by atoms with Crippen molar-refractivity contribution in [3.63, 3.8) is 0 Å². The van der Waals surface area contributed by atoms with Crippen molar-refractivity contribution in [1.82, 2.24) is 14.9 Å². The summed E-state index contributed by atoms with van der Waals surface area (Å²) in [6.45, 7) is 7.56. The van der Waals surface area contributed by atoms with Gasteiger partial charge in [-0.2, -0.15) is 0 Å². The average molecular weight is 374 g/mol. The van der Waals surface area contributed by atoms with Crippen molar-refractivity contribution in [2.75, 3.05) is 12.4 Å². The van der Waals surface area contributed by atoms with Crippen LogP contribution < -0.4 is 5.32 Å². The van der Waals surface area contributed by atoms with E-state index in [-0.39, 0.29) is 17.6 Å². The molecule has 3 rings (SSSR count). The fourth-order valence-electron chi connectivity index (χ4n) is 3.07. The van der Waals surface area contributed by atoms with Crippen molar-refractivity contribution in [2.45, 2.75) is 57.0 Å². The number of hydrogen-bond acceptors (Lipinski definition) is 4. The molecule has 1 saturated heterocycles. The van der Waals surface area contributed by atoms with Crippen molar-refractivity contribution < 1.29 is 9.53 Å². The van der Waals surface area contributed by atoms with Gasteiger partial charge in [0.15, 0.2) is 5.16 Å². The number of thioether (sulfide) groups is 1. The first kappa shape index (κ1) is 19.0. The van der Waals surface area contributed by atoms with E-state index >= 15 is 0 Å². The monoisotopic (exact) mass is 373 g/mol. The molecule has 6 heteroatoms. The third-order valence-corrected chi connectivity index (χ3v) is 5.14. The van der Waals surface area contributed by atoms with E-state index in [0.717, 1.165) is 42.4 Å². The Labute approximate surface area is 159 Å². The molecule has 0 spiro atoms. The van der Waals surface area contributed by atoms with Crippen molar-refractivity contribution in [3.8, 4) is 11.3 Å². The number of amides is 1. The maximum Gasteiger partial charge on any atom is 0.230 e. The zero-order valence-electron chi connectivity index (χ0n) is 15.7. The standard InChI is InChI=1S/C20H27N3O2S/c1-20(2,3)22-18(24)14-26-19-21-12-17(15-8-5-4-6-9-15)23(19)13-16-10-7-11-25-16/h4-6,8-9,12,16H,7,10-11,13-14H2,1-3H3,(H,22,24)/t16-/m1/s1. The summed E-state index contributed by atoms with van der Waals surface area (Å²) in [4.78, 5) is 16.8. The average Bonchev–Trinajstić information content (AvgIpc) is 3.23. The summed E-state index contributed by atoms with van der Waals surface area (Å²) >= 11 is 1.48. The van der Waals surface area contributed by atoms with Gasteiger partial charge in [0.2, 0.25) is 5.91 Å². The van der Waals surface area contributed by atoms with E-state index in [9.17, 15) is 4.79 Å². The van der Waals surface area contributed by atoms with Crippen LogP contribution in [-0.4, -0.2) is 39.5 Å².